The third-order valence-electron chi connectivity index (χ3n) is 9.40. The number of carbonyl (C=O) groups is 4. The van der Waals surface area contributed by atoms with E-state index in [2.05, 4.69) is 33.3 Å². The Labute approximate surface area is 308 Å². The standard InChI is InChI=1S/C42H36N4O6S/c1-7-45-35-13-9-27(23(3)43-51-25(5)47)19-31(35)33-21-29(11-15-37(33)45)41(49)39-17-18-40(53-39)42(50)30-12-16-38-34(22-30)32-20-28(24(4)44-52-26(6)48)10-14-36(32)46(38)8-2/h9-22H,7-8H2,1-6H3. The number of hydrogen-bond donors (Lipinski definition) is 0. The number of ketones is 2. The third kappa shape index (κ3) is 6.44. The van der Waals surface area contributed by atoms with Crippen molar-refractivity contribution in [2.24, 2.45) is 10.3 Å². The molecule has 266 valence electrons. The average molecular weight is 725 g/mol. The van der Waals surface area contributed by atoms with E-state index in [-0.39, 0.29) is 11.6 Å². The topological polar surface area (TPSA) is 121 Å². The summed E-state index contributed by atoms with van der Waals surface area (Å²) in [5.74, 6) is -1.33. The molecule has 0 aliphatic rings. The van der Waals surface area contributed by atoms with Gasteiger partial charge in [-0.25, -0.2) is 9.59 Å². The lowest BCUT2D eigenvalue weighted by atomic mass is 10.0. The minimum Gasteiger partial charge on any atom is -0.341 e. The lowest BCUT2D eigenvalue weighted by molar-refractivity contribution is -0.141. The summed E-state index contributed by atoms with van der Waals surface area (Å²) >= 11 is 1.18. The van der Waals surface area contributed by atoms with Gasteiger partial charge < -0.3 is 18.8 Å². The number of aryl methyl sites for hydroxylation is 2. The lowest BCUT2D eigenvalue weighted by Gasteiger charge is -2.04. The molecule has 4 aromatic carbocycles. The summed E-state index contributed by atoms with van der Waals surface area (Å²) in [7, 11) is 0. The molecule has 10 nitrogen and oxygen atoms in total. The summed E-state index contributed by atoms with van der Waals surface area (Å²) < 4.78 is 4.38. The highest BCUT2D eigenvalue weighted by Gasteiger charge is 2.21. The van der Waals surface area contributed by atoms with Gasteiger partial charge in [0.05, 0.1) is 21.2 Å². The number of benzene rings is 4. The van der Waals surface area contributed by atoms with Crippen LogP contribution in [0.3, 0.4) is 0 Å². The van der Waals surface area contributed by atoms with Crippen molar-refractivity contribution in [2.45, 2.75) is 54.6 Å². The monoisotopic (exact) mass is 724 g/mol. The molecule has 7 aromatic rings. The number of oxime groups is 2. The summed E-state index contributed by atoms with van der Waals surface area (Å²) in [4.78, 5) is 61.1. The second-order valence-electron chi connectivity index (χ2n) is 12.8. The first-order chi connectivity index (χ1) is 25.5. The molecule has 0 saturated heterocycles. The molecule has 0 bridgehead atoms. The Morgan fingerprint density at radius 2 is 0.830 bits per heavy atom. The summed E-state index contributed by atoms with van der Waals surface area (Å²) in [5.41, 5.74) is 7.76. The van der Waals surface area contributed by atoms with Crippen LogP contribution in [-0.2, 0) is 32.4 Å². The van der Waals surface area contributed by atoms with Crippen LogP contribution in [0.1, 0.15) is 83.1 Å². The van der Waals surface area contributed by atoms with Gasteiger partial charge >= 0.3 is 11.9 Å². The van der Waals surface area contributed by atoms with Crippen molar-refractivity contribution in [1.82, 2.24) is 9.13 Å². The van der Waals surface area contributed by atoms with Crippen molar-refractivity contribution < 1.29 is 28.9 Å². The van der Waals surface area contributed by atoms with Crippen LogP contribution in [0.15, 0.2) is 95.2 Å². The third-order valence-corrected chi connectivity index (χ3v) is 10.5. The van der Waals surface area contributed by atoms with Gasteiger partial charge in [0.25, 0.3) is 0 Å². The maximum atomic E-state index is 13.9. The van der Waals surface area contributed by atoms with Crippen molar-refractivity contribution in [3.05, 3.63) is 117 Å². The summed E-state index contributed by atoms with van der Waals surface area (Å²) in [5, 5.41) is 11.6. The van der Waals surface area contributed by atoms with Crippen LogP contribution >= 0.6 is 11.3 Å². The van der Waals surface area contributed by atoms with Gasteiger partial charge in [0.1, 0.15) is 0 Å². The van der Waals surface area contributed by atoms with Gasteiger partial charge in [0, 0.05) is 81.7 Å². The summed E-state index contributed by atoms with van der Waals surface area (Å²) in [6.45, 7) is 11.8. The predicted octanol–water partition coefficient (Wildman–Crippen LogP) is 9.04. The van der Waals surface area contributed by atoms with E-state index in [1.165, 1.54) is 25.2 Å². The molecule has 0 radical (unpaired) electrons. The minimum absolute atomic E-state index is 0.170. The summed E-state index contributed by atoms with van der Waals surface area (Å²) in [6.07, 6.45) is 0. The van der Waals surface area contributed by atoms with Gasteiger partial charge in [-0.2, -0.15) is 0 Å². The smallest absolute Gasteiger partial charge is 0.331 e. The van der Waals surface area contributed by atoms with E-state index in [4.69, 9.17) is 9.68 Å². The first-order valence-electron chi connectivity index (χ1n) is 17.2. The Bertz CT molecular complexity index is 2540. The molecule has 0 atom stereocenters. The molecule has 0 saturated carbocycles. The molecule has 0 N–H and O–H groups in total. The van der Waals surface area contributed by atoms with E-state index in [9.17, 15) is 19.2 Å². The second-order valence-corrected chi connectivity index (χ2v) is 13.8. The maximum Gasteiger partial charge on any atom is 0.331 e. The van der Waals surface area contributed by atoms with Gasteiger partial charge in [-0.3, -0.25) is 9.59 Å². The van der Waals surface area contributed by atoms with E-state index < -0.39 is 11.9 Å². The molecular formula is C42H36N4O6S. The maximum absolute atomic E-state index is 13.9. The first-order valence-corrected chi connectivity index (χ1v) is 18.1. The molecule has 7 rings (SSSR count). The van der Waals surface area contributed by atoms with Gasteiger partial charge in [-0.1, -0.05) is 22.4 Å². The van der Waals surface area contributed by atoms with Crippen LogP contribution in [0.2, 0.25) is 0 Å². The Balaban J connectivity index is 1.22. The average Bonchev–Trinajstić information content (AvgIpc) is 3.87. The molecule has 3 aromatic heterocycles. The molecular weight excluding hydrogens is 689 g/mol. The molecule has 0 unspecified atom stereocenters. The van der Waals surface area contributed by atoms with Crippen LogP contribution in [-0.4, -0.2) is 44.1 Å². The zero-order valence-electron chi connectivity index (χ0n) is 30.1. The summed E-state index contributed by atoms with van der Waals surface area (Å²) in [6, 6.07) is 26.7. The lowest BCUT2D eigenvalue weighted by Crippen LogP contribution is -2.00. The molecule has 11 heteroatoms. The van der Waals surface area contributed by atoms with Crippen molar-refractivity contribution in [3.8, 4) is 0 Å². The van der Waals surface area contributed by atoms with E-state index in [0.29, 0.717) is 32.3 Å². The van der Waals surface area contributed by atoms with Crippen LogP contribution in [0.5, 0.6) is 0 Å². The van der Waals surface area contributed by atoms with Gasteiger partial charge in [-0.15, -0.1) is 11.3 Å². The molecule has 0 aliphatic heterocycles. The number of rotatable bonds is 10. The Morgan fingerprint density at radius 1 is 0.509 bits per heavy atom. The number of hydrogen-bond acceptors (Lipinski definition) is 9. The molecule has 3 heterocycles. The number of fused-ring (bicyclic) bond motifs is 6. The Morgan fingerprint density at radius 3 is 1.15 bits per heavy atom. The fourth-order valence-electron chi connectivity index (χ4n) is 6.86. The first kappa shape index (κ1) is 35.2. The van der Waals surface area contributed by atoms with Crippen LogP contribution < -0.4 is 0 Å². The van der Waals surface area contributed by atoms with Crippen LogP contribution in [0.4, 0.5) is 0 Å². The number of aromatic nitrogens is 2. The highest BCUT2D eigenvalue weighted by molar-refractivity contribution is 7.16. The van der Waals surface area contributed by atoms with E-state index in [0.717, 1.165) is 67.8 Å². The zero-order valence-corrected chi connectivity index (χ0v) is 31.0. The SMILES string of the molecule is CCn1c2ccc(C(=O)c3ccc(C(=O)c4ccc5c(c4)c4cc(C(C)=NOC(C)=O)ccc4n5CC)s3)cc2c2cc(C(C)=NOC(C)=O)ccc21. The molecule has 53 heavy (non-hydrogen) atoms. The Kier molecular flexibility index (Phi) is 9.35. The van der Waals surface area contributed by atoms with Gasteiger partial charge in [-0.05, 0) is 112 Å². The normalized spacial score (nSPS) is 12.3. The van der Waals surface area contributed by atoms with Crippen molar-refractivity contribution in [2.75, 3.05) is 0 Å². The van der Waals surface area contributed by atoms with Gasteiger partial charge in [0.15, 0.2) is 0 Å². The molecule has 0 amide bonds. The quantitative estimate of drug-likeness (QED) is 0.0601. The van der Waals surface area contributed by atoms with Crippen molar-refractivity contribution >= 4 is 89.9 Å². The number of carbonyl (C=O) groups excluding carboxylic acids is 4. The molecule has 0 fully saturated rings. The highest BCUT2D eigenvalue weighted by Crippen LogP contribution is 2.34. The van der Waals surface area contributed by atoms with Crippen LogP contribution in [0.25, 0.3) is 43.6 Å². The van der Waals surface area contributed by atoms with Gasteiger partial charge in [0.2, 0.25) is 11.6 Å². The van der Waals surface area contributed by atoms with Crippen molar-refractivity contribution in [3.63, 3.8) is 0 Å². The largest absolute Gasteiger partial charge is 0.341 e. The zero-order chi connectivity index (χ0) is 37.6. The van der Waals surface area contributed by atoms with E-state index in [1.807, 2.05) is 72.8 Å². The van der Waals surface area contributed by atoms with E-state index in [1.54, 1.807) is 26.0 Å². The Hall–Kier alpha value is -6.20. The van der Waals surface area contributed by atoms with Crippen LogP contribution in [0, 0.1) is 0 Å². The number of thiophene rings is 1. The fraction of sp³-hybridized carbons (Fsp3) is 0.190. The van der Waals surface area contributed by atoms with E-state index >= 15 is 0 Å². The minimum atomic E-state index is -0.495. The number of nitrogens with zero attached hydrogens (tertiary/aromatic N) is 4. The highest BCUT2D eigenvalue weighted by atomic mass is 32.1. The molecule has 0 aliphatic carbocycles. The predicted molar refractivity (Wildman–Crippen MR) is 209 cm³/mol. The van der Waals surface area contributed by atoms with Crippen molar-refractivity contribution in [1.29, 1.82) is 0 Å². The second kappa shape index (κ2) is 14.1. The molecule has 0 spiro atoms. The fourth-order valence-corrected chi connectivity index (χ4v) is 7.79.